The van der Waals surface area contributed by atoms with E-state index in [1.807, 2.05) is 6.07 Å². The molecule has 0 spiro atoms. The maximum atomic E-state index is 12.6. The van der Waals surface area contributed by atoms with Gasteiger partial charge in [-0.3, -0.25) is 4.79 Å². The number of amides is 1. The number of hydrogen-bond donors (Lipinski definition) is 1. The molecule has 2 aromatic heterocycles. The fourth-order valence-electron chi connectivity index (χ4n) is 2.82. The van der Waals surface area contributed by atoms with Gasteiger partial charge in [0.25, 0.3) is 11.8 Å². The molecule has 0 saturated heterocycles. The van der Waals surface area contributed by atoms with Crippen LogP contribution in [0.25, 0.3) is 11.5 Å². The third-order valence-corrected chi connectivity index (χ3v) is 5.19. The van der Waals surface area contributed by atoms with Crippen LogP contribution >= 0.6 is 11.3 Å². The number of carbonyl (C=O) groups excluding carboxylic acids is 1. The van der Waals surface area contributed by atoms with Gasteiger partial charge in [-0.1, -0.05) is 5.16 Å². The van der Waals surface area contributed by atoms with Gasteiger partial charge in [-0.2, -0.15) is 10.2 Å². The lowest BCUT2D eigenvalue weighted by Crippen LogP contribution is -2.12. The van der Waals surface area contributed by atoms with Gasteiger partial charge in [0.2, 0.25) is 0 Å². The van der Waals surface area contributed by atoms with Crippen LogP contribution < -0.4 is 5.32 Å². The maximum Gasteiger partial charge on any atom is 0.261 e. The van der Waals surface area contributed by atoms with Crippen molar-refractivity contribution in [1.82, 2.24) is 10.1 Å². The second kappa shape index (κ2) is 6.71. The number of benzene rings is 1. The highest BCUT2D eigenvalue weighted by atomic mass is 32.1. The topological polar surface area (TPSA) is 101 Å². The molecular formula is C18H14N4O3S. The smallest absolute Gasteiger partial charge is 0.261 e. The highest BCUT2D eigenvalue weighted by Crippen LogP contribution is 2.42. The first kappa shape index (κ1) is 16.4. The number of nitrogens with zero attached hydrogens (tertiary/aromatic N) is 3. The maximum absolute atomic E-state index is 12.6. The molecule has 3 aromatic rings. The molecule has 1 N–H and O–H groups in total. The van der Waals surface area contributed by atoms with Crippen LogP contribution in [0.4, 0.5) is 5.00 Å². The molecule has 0 radical (unpaired) electrons. The molecule has 0 fully saturated rings. The molecule has 4 rings (SSSR count). The molecule has 0 bridgehead atoms. The fraction of sp³-hybridized carbons (Fsp3) is 0.222. The van der Waals surface area contributed by atoms with Crippen molar-refractivity contribution < 1.29 is 14.1 Å². The summed E-state index contributed by atoms with van der Waals surface area (Å²) in [6.07, 6.45) is 0.731. The first-order valence-corrected chi connectivity index (χ1v) is 8.82. The summed E-state index contributed by atoms with van der Waals surface area (Å²) in [4.78, 5) is 18.0. The Labute approximate surface area is 153 Å². The van der Waals surface area contributed by atoms with Crippen LogP contribution in [0.2, 0.25) is 0 Å². The minimum atomic E-state index is -0.258. The van der Waals surface area contributed by atoms with Gasteiger partial charge in [-0.15, -0.1) is 11.3 Å². The zero-order chi connectivity index (χ0) is 18.1. The van der Waals surface area contributed by atoms with Crippen molar-refractivity contribution in [1.29, 1.82) is 5.26 Å². The number of fused-ring (bicyclic) bond motifs is 1. The number of hydrogen-bond acceptors (Lipinski definition) is 7. The lowest BCUT2D eigenvalue weighted by Gasteiger charge is -2.12. The number of nitriles is 1. The summed E-state index contributed by atoms with van der Waals surface area (Å²) in [5, 5.41) is 16.3. The van der Waals surface area contributed by atoms with E-state index < -0.39 is 0 Å². The first-order valence-electron chi connectivity index (χ1n) is 8.00. The van der Waals surface area contributed by atoms with Crippen LogP contribution in [0.15, 0.2) is 28.8 Å². The molecule has 7 nitrogen and oxygen atoms in total. The zero-order valence-electron chi connectivity index (χ0n) is 13.9. The summed E-state index contributed by atoms with van der Waals surface area (Å²) in [6, 6.07) is 8.52. The minimum absolute atomic E-state index is 0.258. The van der Waals surface area contributed by atoms with Gasteiger partial charge >= 0.3 is 0 Å². The lowest BCUT2D eigenvalue weighted by atomic mass is 10.1. The van der Waals surface area contributed by atoms with Crippen molar-refractivity contribution in [2.24, 2.45) is 0 Å². The van der Waals surface area contributed by atoms with Gasteiger partial charge in [-0.05, 0) is 43.2 Å². The number of anilines is 1. The van der Waals surface area contributed by atoms with Crippen LogP contribution in [0.3, 0.4) is 0 Å². The fourth-order valence-corrected chi connectivity index (χ4v) is 3.99. The van der Waals surface area contributed by atoms with Gasteiger partial charge < -0.3 is 14.6 Å². The molecule has 8 heteroatoms. The van der Waals surface area contributed by atoms with Crippen LogP contribution in [0.5, 0.6) is 0 Å². The van der Waals surface area contributed by atoms with E-state index in [0.717, 1.165) is 22.4 Å². The second-order valence-electron chi connectivity index (χ2n) is 5.80. The molecule has 0 unspecified atom stereocenters. The predicted molar refractivity (Wildman–Crippen MR) is 94.8 cm³/mol. The van der Waals surface area contributed by atoms with Crippen LogP contribution in [0, 0.1) is 18.3 Å². The SMILES string of the molecule is Cc1noc(-c2c(NC(=O)c3ccc(C#N)cc3)sc3c2CCOC3)n1. The normalized spacial score (nSPS) is 13.1. The molecule has 0 atom stereocenters. The van der Waals surface area contributed by atoms with Gasteiger partial charge in [0.1, 0.15) is 5.00 Å². The number of ether oxygens (including phenoxy) is 1. The zero-order valence-corrected chi connectivity index (χ0v) is 14.7. The van der Waals surface area contributed by atoms with Crippen molar-refractivity contribution in [3.63, 3.8) is 0 Å². The van der Waals surface area contributed by atoms with E-state index in [-0.39, 0.29) is 5.91 Å². The largest absolute Gasteiger partial charge is 0.376 e. The monoisotopic (exact) mass is 366 g/mol. The predicted octanol–water partition coefficient (Wildman–Crippen LogP) is 3.30. The molecule has 130 valence electrons. The van der Waals surface area contributed by atoms with Crippen LogP contribution in [-0.2, 0) is 17.8 Å². The van der Waals surface area contributed by atoms with Crippen molar-refractivity contribution in [3.8, 4) is 17.5 Å². The highest BCUT2D eigenvalue weighted by Gasteiger charge is 2.26. The second-order valence-corrected chi connectivity index (χ2v) is 6.91. The molecule has 1 aromatic carbocycles. The third-order valence-electron chi connectivity index (χ3n) is 4.06. The number of carbonyl (C=O) groups is 1. The molecule has 0 aliphatic carbocycles. The Morgan fingerprint density at radius 3 is 2.85 bits per heavy atom. The number of aromatic nitrogens is 2. The Bertz CT molecular complexity index is 1010. The third kappa shape index (κ3) is 2.98. The Hall–Kier alpha value is -3.02. The van der Waals surface area contributed by atoms with E-state index in [1.165, 1.54) is 11.3 Å². The van der Waals surface area contributed by atoms with E-state index in [0.29, 0.717) is 41.1 Å². The van der Waals surface area contributed by atoms with Crippen LogP contribution in [0.1, 0.15) is 32.2 Å². The van der Waals surface area contributed by atoms with Crippen molar-refractivity contribution in [3.05, 3.63) is 51.7 Å². The molecule has 0 saturated carbocycles. The van der Waals surface area contributed by atoms with Gasteiger partial charge in [0.15, 0.2) is 5.82 Å². The lowest BCUT2D eigenvalue weighted by molar-refractivity contribution is 0.102. The first-order chi connectivity index (χ1) is 12.7. The van der Waals surface area contributed by atoms with E-state index in [2.05, 4.69) is 15.5 Å². The van der Waals surface area contributed by atoms with E-state index >= 15 is 0 Å². The molecule has 26 heavy (non-hydrogen) atoms. The molecule has 1 aliphatic heterocycles. The molecule has 1 amide bonds. The number of rotatable bonds is 3. The standard InChI is InChI=1S/C18H14N4O3S/c1-10-20-17(25-22-10)15-13-6-7-24-9-14(13)26-18(15)21-16(23)12-4-2-11(8-19)3-5-12/h2-5H,6-7,9H2,1H3,(H,21,23). The Morgan fingerprint density at radius 1 is 1.35 bits per heavy atom. The summed E-state index contributed by atoms with van der Waals surface area (Å²) < 4.78 is 10.9. The summed E-state index contributed by atoms with van der Waals surface area (Å²) >= 11 is 1.46. The highest BCUT2D eigenvalue weighted by molar-refractivity contribution is 7.17. The van der Waals surface area contributed by atoms with Gasteiger partial charge in [0, 0.05) is 10.4 Å². The number of aryl methyl sites for hydroxylation is 1. The quantitative estimate of drug-likeness (QED) is 0.763. The van der Waals surface area contributed by atoms with Crippen molar-refractivity contribution >= 4 is 22.2 Å². The summed E-state index contributed by atoms with van der Waals surface area (Å²) in [5.41, 5.74) is 2.84. The Balaban J connectivity index is 1.70. The number of nitrogens with one attached hydrogen (secondary N) is 1. The number of thiophene rings is 1. The van der Waals surface area contributed by atoms with Crippen LogP contribution in [-0.4, -0.2) is 22.7 Å². The summed E-state index contributed by atoms with van der Waals surface area (Å²) in [7, 11) is 0. The average molecular weight is 366 g/mol. The van der Waals surface area contributed by atoms with Gasteiger partial charge in [-0.25, -0.2) is 0 Å². The van der Waals surface area contributed by atoms with E-state index in [4.69, 9.17) is 14.5 Å². The summed E-state index contributed by atoms with van der Waals surface area (Å²) in [6.45, 7) is 2.88. The molecule has 1 aliphatic rings. The molecular weight excluding hydrogens is 352 g/mol. The Morgan fingerprint density at radius 2 is 2.15 bits per heavy atom. The van der Waals surface area contributed by atoms with E-state index in [9.17, 15) is 4.79 Å². The molecule has 3 heterocycles. The summed E-state index contributed by atoms with van der Waals surface area (Å²) in [5.74, 6) is 0.680. The minimum Gasteiger partial charge on any atom is -0.376 e. The Kier molecular flexibility index (Phi) is 4.24. The van der Waals surface area contributed by atoms with Crippen molar-refractivity contribution in [2.75, 3.05) is 11.9 Å². The van der Waals surface area contributed by atoms with Gasteiger partial charge in [0.05, 0.1) is 30.4 Å². The average Bonchev–Trinajstić information content (AvgIpc) is 3.24. The van der Waals surface area contributed by atoms with E-state index in [1.54, 1.807) is 31.2 Å². The van der Waals surface area contributed by atoms with Crippen molar-refractivity contribution in [2.45, 2.75) is 20.0 Å².